The summed E-state index contributed by atoms with van der Waals surface area (Å²) in [6.45, 7) is 1.01. The molecule has 3 heterocycles. The average Bonchev–Trinajstić information content (AvgIpc) is 2.73. The molecule has 0 saturated heterocycles. The summed E-state index contributed by atoms with van der Waals surface area (Å²) in [5.41, 5.74) is 1.83. The van der Waals surface area contributed by atoms with Crippen molar-refractivity contribution >= 4 is 16.8 Å². The van der Waals surface area contributed by atoms with E-state index in [1.165, 1.54) is 0 Å². The molecule has 0 saturated carbocycles. The van der Waals surface area contributed by atoms with Crippen molar-refractivity contribution in [1.82, 2.24) is 19.9 Å². The molecule has 7 nitrogen and oxygen atoms in total. The highest BCUT2D eigenvalue weighted by atomic mass is 16.5. The van der Waals surface area contributed by atoms with Crippen molar-refractivity contribution in [2.75, 3.05) is 7.11 Å². The minimum Gasteiger partial charge on any atom is -0.481 e. The van der Waals surface area contributed by atoms with Gasteiger partial charge in [-0.2, -0.15) is 0 Å². The highest BCUT2D eigenvalue weighted by Crippen LogP contribution is 2.17. The zero-order valence-corrected chi connectivity index (χ0v) is 16.5. The van der Waals surface area contributed by atoms with Gasteiger partial charge in [0.1, 0.15) is 5.82 Å². The second kappa shape index (κ2) is 8.43. The first-order chi connectivity index (χ1) is 14.2. The Morgan fingerprint density at radius 2 is 2.07 bits per heavy atom. The molecule has 0 radical (unpaired) electrons. The predicted molar refractivity (Wildman–Crippen MR) is 110 cm³/mol. The normalized spacial score (nSPS) is 14.0. The van der Waals surface area contributed by atoms with Gasteiger partial charge >= 0.3 is 0 Å². The Hall–Kier alpha value is -3.22. The Bertz CT molecular complexity index is 1110. The van der Waals surface area contributed by atoms with E-state index >= 15 is 0 Å². The summed E-state index contributed by atoms with van der Waals surface area (Å²) in [6, 6.07) is 8.73. The standard InChI is InChI=1S/C22H24N4O3/c1-29-21-16(7-6-11-23-21)14-24-20(27)15-9-10-17-18(13-15)25-19-8-4-2-3-5-12-26(19)22(17)28/h6-7,9-11,13H,2-5,8,12,14H2,1H3,(H,24,27). The molecule has 0 unspecified atom stereocenters. The van der Waals surface area contributed by atoms with E-state index in [2.05, 4.69) is 10.3 Å². The quantitative estimate of drug-likeness (QED) is 0.738. The topological polar surface area (TPSA) is 86.1 Å². The number of fused-ring (bicyclic) bond motifs is 2. The molecule has 0 aliphatic carbocycles. The van der Waals surface area contributed by atoms with E-state index < -0.39 is 0 Å². The first kappa shape index (κ1) is 19.1. The molecule has 29 heavy (non-hydrogen) atoms. The number of pyridine rings is 1. The molecule has 4 rings (SSSR count). The van der Waals surface area contributed by atoms with Gasteiger partial charge in [0, 0.05) is 36.8 Å². The molecule has 0 atom stereocenters. The van der Waals surface area contributed by atoms with Crippen LogP contribution in [-0.2, 0) is 19.5 Å². The van der Waals surface area contributed by atoms with Gasteiger partial charge in [0.25, 0.3) is 11.5 Å². The van der Waals surface area contributed by atoms with Crippen molar-refractivity contribution in [2.45, 2.75) is 45.2 Å². The van der Waals surface area contributed by atoms with E-state index in [1.54, 1.807) is 42.1 Å². The van der Waals surface area contributed by atoms with Crippen molar-refractivity contribution in [3.63, 3.8) is 0 Å². The predicted octanol–water partition coefficient (Wildman–Crippen LogP) is 2.85. The van der Waals surface area contributed by atoms with Crippen LogP contribution in [0.15, 0.2) is 41.3 Å². The van der Waals surface area contributed by atoms with Gasteiger partial charge < -0.3 is 10.1 Å². The number of nitrogens with one attached hydrogen (secondary N) is 1. The number of ether oxygens (including phenoxy) is 1. The zero-order valence-electron chi connectivity index (χ0n) is 16.5. The minimum atomic E-state index is -0.230. The Morgan fingerprint density at radius 3 is 2.93 bits per heavy atom. The Balaban J connectivity index is 1.60. The molecule has 7 heteroatoms. The fourth-order valence-corrected chi connectivity index (χ4v) is 3.76. The Morgan fingerprint density at radius 1 is 1.21 bits per heavy atom. The second-order valence-electron chi connectivity index (χ2n) is 7.24. The van der Waals surface area contributed by atoms with Crippen LogP contribution in [0, 0.1) is 0 Å². The fourth-order valence-electron chi connectivity index (χ4n) is 3.76. The molecular formula is C22H24N4O3. The van der Waals surface area contributed by atoms with Crippen LogP contribution < -0.4 is 15.6 Å². The van der Waals surface area contributed by atoms with Gasteiger partial charge in [-0.1, -0.05) is 18.9 Å². The maximum absolute atomic E-state index is 12.9. The number of aromatic nitrogens is 3. The Labute approximate surface area is 168 Å². The summed E-state index contributed by atoms with van der Waals surface area (Å²) in [5.74, 6) is 1.07. The van der Waals surface area contributed by atoms with E-state index in [0.29, 0.717) is 35.4 Å². The van der Waals surface area contributed by atoms with E-state index in [1.807, 2.05) is 6.07 Å². The molecule has 150 valence electrons. The van der Waals surface area contributed by atoms with Gasteiger partial charge in [-0.15, -0.1) is 0 Å². The number of aryl methyl sites for hydroxylation is 1. The third kappa shape index (κ3) is 3.99. The summed E-state index contributed by atoms with van der Waals surface area (Å²) in [7, 11) is 1.55. The lowest BCUT2D eigenvalue weighted by Gasteiger charge is -2.16. The van der Waals surface area contributed by atoms with Crippen LogP contribution >= 0.6 is 0 Å². The second-order valence-corrected chi connectivity index (χ2v) is 7.24. The van der Waals surface area contributed by atoms with Crippen LogP contribution in [-0.4, -0.2) is 27.6 Å². The lowest BCUT2D eigenvalue weighted by atomic mass is 10.1. The monoisotopic (exact) mass is 392 g/mol. The van der Waals surface area contributed by atoms with Crippen molar-refractivity contribution in [3.8, 4) is 5.88 Å². The largest absolute Gasteiger partial charge is 0.481 e. The first-order valence-electron chi connectivity index (χ1n) is 9.97. The van der Waals surface area contributed by atoms with Crippen LogP contribution in [0.2, 0.25) is 0 Å². The number of carbonyl (C=O) groups excluding carboxylic acids is 1. The molecule has 0 fully saturated rings. The molecule has 1 aliphatic heterocycles. The van der Waals surface area contributed by atoms with Crippen LogP contribution in [0.4, 0.5) is 0 Å². The van der Waals surface area contributed by atoms with Crippen LogP contribution in [0.1, 0.15) is 47.4 Å². The maximum Gasteiger partial charge on any atom is 0.261 e. The van der Waals surface area contributed by atoms with Crippen LogP contribution in [0.5, 0.6) is 5.88 Å². The van der Waals surface area contributed by atoms with Crippen molar-refractivity contribution in [1.29, 1.82) is 0 Å². The molecule has 1 aromatic carbocycles. The van der Waals surface area contributed by atoms with Crippen LogP contribution in [0.25, 0.3) is 10.9 Å². The smallest absolute Gasteiger partial charge is 0.261 e. The third-order valence-corrected chi connectivity index (χ3v) is 5.31. The van der Waals surface area contributed by atoms with Gasteiger partial charge in [-0.25, -0.2) is 9.97 Å². The van der Waals surface area contributed by atoms with Gasteiger partial charge in [-0.05, 0) is 37.1 Å². The van der Waals surface area contributed by atoms with Gasteiger partial charge in [-0.3, -0.25) is 14.2 Å². The number of hydrogen-bond acceptors (Lipinski definition) is 5. The zero-order chi connectivity index (χ0) is 20.2. The molecule has 0 spiro atoms. The highest BCUT2D eigenvalue weighted by Gasteiger charge is 2.15. The summed E-state index contributed by atoms with van der Waals surface area (Å²) < 4.78 is 7.02. The van der Waals surface area contributed by atoms with Crippen molar-refractivity contribution in [2.24, 2.45) is 0 Å². The lowest BCUT2D eigenvalue weighted by molar-refractivity contribution is 0.0950. The van der Waals surface area contributed by atoms with E-state index in [9.17, 15) is 9.59 Å². The summed E-state index contributed by atoms with van der Waals surface area (Å²) in [4.78, 5) is 34.4. The lowest BCUT2D eigenvalue weighted by Crippen LogP contribution is -2.27. The molecule has 1 amide bonds. The van der Waals surface area contributed by atoms with Crippen LogP contribution in [0.3, 0.4) is 0 Å². The number of amides is 1. The molecule has 2 aromatic heterocycles. The molecular weight excluding hydrogens is 368 g/mol. The Kier molecular flexibility index (Phi) is 5.55. The summed E-state index contributed by atoms with van der Waals surface area (Å²) >= 11 is 0. The fraction of sp³-hybridized carbons (Fsp3) is 0.364. The van der Waals surface area contributed by atoms with Gasteiger partial charge in [0.15, 0.2) is 0 Å². The molecule has 1 aliphatic rings. The summed E-state index contributed by atoms with van der Waals surface area (Å²) in [5, 5.41) is 3.44. The van der Waals surface area contributed by atoms with Gasteiger partial charge in [0.2, 0.25) is 5.88 Å². The van der Waals surface area contributed by atoms with Crippen molar-refractivity contribution < 1.29 is 9.53 Å². The SMILES string of the molecule is COc1ncccc1CNC(=O)c1ccc2c(=O)n3c(nc2c1)CCCCCC3. The number of hydrogen-bond donors (Lipinski definition) is 1. The maximum atomic E-state index is 12.9. The van der Waals surface area contributed by atoms with Crippen molar-refractivity contribution in [3.05, 3.63) is 63.8 Å². The number of carbonyl (C=O) groups is 1. The van der Waals surface area contributed by atoms with Gasteiger partial charge in [0.05, 0.1) is 18.0 Å². The highest BCUT2D eigenvalue weighted by molar-refractivity contribution is 5.97. The summed E-state index contributed by atoms with van der Waals surface area (Å²) in [6.07, 6.45) is 6.77. The number of benzene rings is 1. The molecule has 0 bridgehead atoms. The first-order valence-corrected chi connectivity index (χ1v) is 9.97. The van der Waals surface area contributed by atoms with E-state index in [-0.39, 0.29) is 11.5 Å². The minimum absolute atomic E-state index is 0.0149. The van der Waals surface area contributed by atoms with E-state index in [0.717, 1.165) is 43.5 Å². The number of rotatable bonds is 4. The number of methoxy groups -OCH3 is 1. The average molecular weight is 392 g/mol. The van der Waals surface area contributed by atoms with E-state index in [4.69, 9.17) is 9.72 Å². The third-order valence-electron chi connectivity index (χ3n) is 5.31. The molecule has 3 aromatic rings. The number of nitrogens with zero attached hydrogens (tertiary/aromatic N) is 3. The molecule has 1 N–H and O–H groups in total.